The minimum atomic E-state index is -1.80. The van der Waals surface area contributed by atoms with Crippen molar-refractivity contribution in [1.82, 2.24) is 10.6 Å². The van der Waals surface area contributed by atoms with Gasteiger partial charge in [-0.2, -0.15) is 0 Å². The van der Waals surface area contributed by atoms with Gasteiger partial charge in [-0.25, -0.2) is 9.59 Å². The highest BCUT2D eigenvalue weighted by molar-refractivity contribution is 5.83. The summed E-state index contributed by atoms with van der Waals surface area (Å²) in [4.78, 5) is 33.0. The van der Waals surface area contributed by atoms with Crippen LogP contribution in [0.4, 0.5) is 4.79 Å². The van der Waals surface area contributed by atoms with E-state index >= 15 is 0 Å². The second-order valence-electron chi connectivity index (χ2n) is 4.75. The highest BCUT2D eigenvalue weighted by Crippen LogP contribution is 2.04. The van der Waals surface area contributed by atoms with Gasteiger partial charge in [-0.3, -0.25) is 4.79 Å². The summed E-state index contributed by atoms with van der Waals surface area (Å²) in [6.45, 7) is 0.427. The zero-order valence-electron chi connectivity index (χ0n) is 12.1. The van der Waals surface area contributed by atoms with E-state index in [4.69, 9.17) is 26.2 Å². The van der Waals surface area contributed by atoms with Gasteiger partial charge < -0.3 is 36.8 Å². The summed E-state index contributed by atoms with van der Waals surface area (Å²) in [6, 6.07) is -3.26. The van der Waals surface area contributed by atoms with E-state index in [2.05, 4.69) is 10.6 Å². The number of aliphatic carboxylic acids is 2. The predicted octanol–water partition coefficient (Wildman–Crippen LogP) is -1.59. The van der Waals surface area contributed by atoms with E-state index < -0.39 is 42.8 Å². The van der Waals surface area contributed by atoms with Crippen LogP contribution >= 0.6 is 0 Å². The van der Waals surface area contributed by atoms with Crippen LogP contribution in [0.2, 0.25) is 0 Å². The van der Waals surface area contributed by atoms with E-state index in [0.29, 0.717) is 19.4 Å². The van der Waals surface area contributed by atoms with E-state index in [9.17, 15) is 14.4 Å². The third kappa shape index (κ3) is 9.10. The van der Waals surface area contributed by atoms with Crippen LogP contribution in [0.3, 0.4) is 0 Å². The molecule has 0 saturated carbocycles. The van der Waals surface area contributed by atoms with Crippen molar-refractivity contribution in [3.8, 4) is 0 Å². The number of rotatable bonds is 11. The number of aliphatic hydroxyl groups is 2. The number of urea groups is 1. The third-order valence-corrected chi connectivity index (χ3v) is 2.90. The first-order valence-corrected chi connectivity index (χ1v) is 6.85. The standard InChI is InChI=1S/C12H23N3O7/c13-6-2-1-3-7(10(18)19)14-12(22)15-8(11(20)21)4-5-9(16)17/h7-8,10,18-19H,1-6,13H2,(H,16,17)(H,20,21)(H2,14,15,22)/t7?,8-/m0/s1. The van der Waals surface area contributed by atoms with Crippen molar-refractivity contribution >= 4 is 18.0 Å². The maximum atomic E-state index is 11.7. The van der Waals surface area contributed by atoms with Gasteiger partial charge in [0.25, 0.3) is 0 Å². The van der Waals surface area contributed by atoms with Crippen molar-refractivity contribution in [2.75, 3.05) is 6.54 Å². The van der Waals surface area contributed by atoms with E-state index in [1.165, 1.54) is 0 Å². The van der Waals surface area contributed by atoms with Gasteiger partial charge in [-0.1, -0.05) is 0 Å². The molecule has 0 heterocycles. The van der Waals surface area contributed by atoms with Crippen LogP contribution < -0.4 is 16.4 Å². The normalized spacial score (nSPS) is 13.5. The highest BCUT2D eigenvalue weighted by Gasteiger charge is 2.24. The van der Waals surface area contributed by atoms with Crippen molar-refractivity contribution in [2.24, 2.45) is 5.73 Å². The summed E-state index contributed by atoms with van der Waals surface area (Å²) in [7, 11) is 0. The molecule has 2 atom stereocenters. The second kappa shape index (κ2) is 10.8. The van der Waals surface area contributed by atoms with Gasteiger partial charge in [0.2, 0.25) is 0 Å². The van der Waals surface area contributed by atoms with Gasteiger partial charge >= 0.3 is 18.0 Å². The number of unbranched alkanes of at least 4 members (excludes halogenated alkanes) is 1. The zero-order valence-corrected chi connectivity index (χ0v) is 12.1. The highest BCUT2D eigenvalue weighted by atomic mass is 16.5. The Balaban J connectivity index is 4.44. The van der Waals surface area contributed by atoms with Crippen molar-refractivity contribution in [3.05, 3.63) is 0 Å². The number of amides is 2. The van der Waals surface area contributed by atoms with Gasteiger partial charge in [-0.15, -0.1) is 0 Å². The van der Waals surface area contributed by atoms with Crippen LogP contribution in [0.1, 0.15) is 32.1 Å². The number of aliphatic hydroxyl groups excluding tert-OH is 1. The van der Waals surface area contributed by atoms with E-state index in [-0.39, 0.29) is 12.8 Å². The number of hydrogen-bond donors (Lipinski definition) is 7. The number of carbonyl (C=O) groups is 3. The molecule has 0 spiro atoms. The third-order valence-electron chi connectivity index (χ3n) is 2.90. The smallest absolute Gasteiger partial charge is 0.326 e. The summed E-state index contributed by atoms with van der Waals surface area (Å²) in [6.07, 6.45) is -1.04. The number of hydrogen-bond acceptors (Lipinski definition) is 6. The van der Waals surface area contributed by atoms with Crippen molar-refractivity contribution in [2.45, 2.75) is 50.5 Å². The Bertz CT molecular complexity index is 376. The van der Waals surface area contributed by atoms with Gasteiger partial charge in [0, 0.05) is 6.42 Å². The van der Waals surface area contributed by atoms with E-state index in [1.54, 1.807) is 0 Å². The molecule has 0 fully saturated rings. The monoisotopic (exact) mass is 321 g/mol. The molecule has 8 N–H and O–H groups in total. The van der Waals surface area contributed by atoms with Gasteiger partial charge in [-0.05, 0) is 32.2 Å². The zero-order chi connectivity index (χ0) is 17.1. The summed E-state index contributed by atoms with van der Waals surface area (Å²) >= 11 is 0. The van der Waals surface area contributed by atoms with Crippen molar-refractivity contribution in [3.63, 3.8) is 0 Å². The fourth-order valence-electron chi connectivity index (χ4n) is 1.70. The van der Waals surface area contributed by atoms with E-state index in [0.717, 1.165) is 0 Å². The Morgan fingerprint density at radius 3 is 2.09 bits per heavy atom. The lowest BCUT2D eigenvalue weighted by molar-refractivity contribution is -0.140. The molecule has 0 bridgehead atoms. The number of nitrogens with one attached hydrogen (secondary N) is 2. The quantitative estimate of drug-likeness (QED) is 0.175. The Morgan fingerprint density at radius 1 is 1.00 bits per heavy atom. The molecule has 10 heteroatoms. The molecule has 0 aliphatic heterocycles. The Hall–Kier alpha value is -1.91. The summed E-state index contributed by atoms with van der Waals surface area (Å²) in [5, 5.41) is 40.1. The minimum Gasteiger partial charge on any atom is -0.481 e. The van der Waals surface area contributed by atoms with Crippen molar-refractivity contribution < 1.29 is 34.8 Å². The minimum absolute atomic E-state index is 0.259. The lowest BCUT2D eigenvalue weighted by Crippen LogP contribution is -2.52. The fraction of sp³-hybridized carbons (Fsp3) is 0.750. The van der Waals surface area contributed by atoms with Crippen LogP contribution in [0.15, 0.2) is 0 Å². The first kappa shape index (κ1) is 20.1. The molecule has 1 unspecified atom stereocenters. The molecular formula is C12H23N3O7. The Morgan fingerprint density at radius 2 is 1.64 bits per heavy atom. The van der Waals surface area contributed by atoms with Crippen LogP contribution in [0.25, 0.3) is 0 Å². The topological polar surface area (TPSA) is 182 Å². The van der Waals surface area contributed by atoms with Crippen LogP contribution in [-0.2, 0) is 9.59 Å². The molecule has 2 amide bonds. The molecule has 0 aromatic carbocycles. The largest absolute Gasteiger partial charge is 0.481 e. The number of carbonyl (C=O) groups excluding carboxylic acids is 1. The average molecular weight is 321 g/mol. The summed E-state index contributed by atoms with van der Waals surface area (Å²) in [5.74, 6) is -2.56. The molecule has 0 aromatic rings. The van der Waals surface area contributed by atoms with Gasteiger partial charge in [0.15, 0.2) is 6.29 Å². The molecule has 22 heavy (non-hydrogen) atoms. The van der Waals surface area contributed by atoms with Crippen LogP contribution in [0, 0.1) is 0 Å². The molecule has 0 aliphatic carbocycles. The van der Waals surface area contributed by atoms with E-state index in [1.807, 2.05) is 0 Å². The van der Waals surface area contributed by atoms with Gasteiger partial charge in [0.05, 0.1) is 6.04 Å². The lowest BCUT2D eigenvalue weighted by Gasteiger charge is -2.22. The molecular weight excluding hydrogens is 298 g/mol. The summed E-state index contributed by atoms with van der Waals surface area (Å²) in [5.41, 5.74) is 5.31. The second-order valence-corrected chi connectivity index (χ2v) is 4.75. The number of nitrogens with two attached hydrogens (primary N) is 1. The molecule has 0 saturated heterocycles. The Kier molecular flexibility index (Phi) is 9.83. The first-order chi connectivity index (χ1) is 10.3. The maximum Gasteiger partial charge on any atom is 0.326 e. The van der Waals surface area contributed by atoms with Crippen LogP contribution in [-0.4, -0.2) is 63.3 Å². The maximum absolute atomic E-state index is 11.7. The Labute approximate surface area is 127 Å². The lowest BCUT2D eigenvalue weighted by atomic mass is 10.1. The summed E-state index contributed by atoms with van der Waals surface area (Å²) < 4.78 is 0. The van der Waals surface area contributed by atoms with Crippen molar-refractivity contribution in [1.29, 1.82) is 0 Å². The SMILES string of the molecule is NCCCCC(NC(=O)N[C@@H](CCC(=O)O)C(=O)O)C(O)O. The molecule has 0 radical (unpaired) electrons. The van der Waals surface area contributed by atoms with Gasteiger partial charge in [0.1, 0.15) is 6.04 Å². The molecule has 0 rings (SSSR count). The molecule has 10 nitrogen and oxygen atoms in total. The first-order valence-electron chi connectivity index (χ1n) is 6.85. The number of carboxylic acids is 2. The molecule has 0 aliphatic rings. The van der Waals surface area contributed by atoms with Crippen LogP contribution in [0.5, 0.6) is 0 Å². The molecule has 0 aromatic heterocycles. The average Bonchev–Trinajstić information content (AvgIpc) is 2.41. The molecule has 128 valence electrons. The number of carboxylic acid groups (broad SMARTS) is 2. The predicted molar refractivity (Wildman–Crippen MR) is 74.9 cm³/mol. The fourth-order valence-corrected chi connectivity index (χ4v) is 1.70.